The van der Waals surface area contributed by atoms with Crippen LogP contribution >= 0.6 is 0 Å². The number of hydrogen-bond acceptors (Lipinski definition) is 5. The van der Waals surface area contributed by atoms with E-state index in [4.69, 9.17) is 4.74 Å². The molecule has 0 spiro atoms. The highest BCUT2D eigenvalue weighted by atomic mass is 19.3. The van der Waals surface area contributed by atoms with Gasteiger partial charge in [-0.2, -0.15) is 5.10 Å². The molecule has 6 nitrogen and oxygen atoms in total. The molecule has 1 N–H and O–H groups in total. The molecular formula is C25H24F3N5O. The SMILES string of the molecule is COc1cc2c(N[C@H](C)c3cccc(C(F)F)c3F)nc(C)nc2cc1-c1cnn(C2CC2)c1. The number of alkyl halides is 2. The van der Waals surface area contributed by atoms with Gasteiger partial charge >= 0.3 is 0 Å². The van der Waals surface area contributed by atoms with E-state index in [1.54, 1.807) is 21.0 Å². The number of halogens is 3. The van der Waals surface area contributed by atoms with Crippen molar-refractivity contribution < 1.29 is 17.9 Å². The highest BCUT2D eigenvalue weighted by Gasteiger charge is 2.25. The fourth-order valence-corrected chi connectivity index (χ4v) is 4.15. The third-order valence-corrected chi connectivity index (χ3v) is 6.08. The number of aryl methyl sites for hydroxylation is 1. The maximum atomic E-state index is 14.7. The zero-order chi connectivity index (χ0) is 24.0. The van der Waals surface area contributed by atoms with E-state index in [1.807, 2.05) is 29.2 Å². The van der Waals surface area contributed by atoms with Crippen LogP contribution in [0.25, 0.3) is 22.0 Å². The third-order valence-electron chi connectivity index (χ3n) is 6.08. The molecule has 0 saturated heterocycles. The van der Waals surface area contributed by atoms with Crippen molar-refractivity contribution in [3.8, 4) is 16.9 Å². The first kappa shape index (κ1) is 22.2. The topological polar surface area (TPSA) is 64.9 Å². The summed E-state index contributed by atoms with van der Waals surface area (Å²) in [7, 11) is 1.59. The quantitative estimate of drug-likeness (QED) is 0.341. The second-order valence-corrected chi connectivity index (χ2v) is 8.55. The molecule has 0 unspecified atom stereocenters. The molecule has 1 atom stereocenters. The van der Waals surface area contributed by atoms with Crippen LogP contribution in [-0.4, -0.2) is 26.9 Å². The molecule has 34 heavy (non-hydrogen) atoms. The predicted molar refractivity (Wildman–Crippen MR) is 124 cm³/mol. The second kappa shape index (κ2) is 8.62. The Balaban J connectivity index is 1.55. The first-order valence-electron chi connectivity index (χ1n) is 11.1. The normalized spacial score (nSPS) is 14.6. The van der Waals surface area contributed by atoms with E-state index >= 15 is 0 Å². The van der Waals surface area contributed by atoms with Gasteiger partial charge in [0.1, 0.15) is 23.2 Å². The van der Waals surface area contributed by atoms with Gasteiger partial charge < -0.3 is 10.1 Å². The first-order chi connectivity index (χ1) is 16.4. The lowest BCUT2D eigenvalue weighted by Gasteiger charge is -2.19. The molecule has 4 aromatic rings. The van der Waals surface area contributed by atoms with Gasteiger partial charge in [-0.3, -0.25) is 4.68 Å². The smallest absolute Gasteiger partial charge is 0.266 e. The number of aromatic nitrogens is 4. The summed E-state index contributed by atoms with van der Waals surface area (Å²) in [5.74, 6) is 0.696. The molecule has 5 rings (SSSR count). The van der Waals surface area contributed by atoms with Crippen LogP contribution in [0.15, 0.2) is 42.7 Å². The number of nitrogens with zero attached hydrogens (tertiary/aromatic N) is 4. The van der Waals surface area contributed by atoms with Crippen molar-refractivity contribution in [2.75, 3.05) is 12.4 Å². The van der Waals surface area contributed by atoms with Crippen molar-refractivity contribution in [2.24, 2.45) is 0 Å². The number of anilines is 1. The van der Waals surface area contributed by atoms with Crippen LogP contribution in [-0.2, 0) is 0 Å². The molecule has 0 aliphatic heterocycles. The third kappa shape index (κ3) is 4.06. The van der Waals surface area contributed by atoms with Crippen molar-refractivity contribution in [2.45, 2.75) is 45.2 Å². The number of benzene rings is 2. The van der Waals surface area contributed by atoms with E-state index in [2.05, 4.69) is 20.4 Å². The van der Waals surface area contributed by atoms with Crippen LogP contribution in [0.2, 0.25) is 0 Å². The molecule has 2 aromatic heterocycles. The lowest BCUT2D eigenvalue weighted by atomic mass is 10.0. The molecule has 1 fully saturated rings. The molecule has 176 valence electrons. The lowest BCUT2D eigenvalue weighted by Crippen LogP contribution is -2.12. The Morgan fingerprint density at radius 2 is 1.91 bits per heavy atom. The van der Waals surface area contributed by atoms with Crippen LogP contribution in [0.4, 0.5) is 19.0 Å². The van der Waals surface area contributed by atoms with Gasteiger partial charge in [0.25, 0.3) is 6.43 Å². The summed E-state index contributed by atoms with van der Waals surface area (Å²) in [6, 6.07) is 7.62. The summed E-state index contributed by atoms with van der Waals surface area (Å²) in [6.07, 6.45) is 3.21. The molecule has 0 radical (unpaired) electrons. The van der Waals surface area contributed by atoms with E-state index in [1.165, 1.54) is 12.1 Å². The first-order valence-corrected chi connectivity index (χ1v) is 11.1. The predicted octanol–water partition coefficient (Wildman–Crippen LogP) is 6.40. The zero-order valence-electron chi connectivity index (χ0n) is 19.0. The monoisotopic (exact) mass is 467 g/mol. The molecule has 2 heterocycles. The second-order valence-electron chi connectivity index (χ2n) is 8.55. The summed E-state index contributed by atoms with van der Waals surface area (Å²) >= 11 is 0. The summed E-state index contributed by atoms with van der Waals surface area (Å²) in [6.45, 7) is 3.47. The molecule has 9 heteroatoms. The summed E-state index contributed by atoms with van der Waals surface area (Å²) in [5.41, 5.74) is 1.98. The van der Waals surface area contributed by atoms with Crippen molar-refractivity contribution >= 4 is 16.7 Å². The van der Waals surface area contributed by atoms with Crippen LogP contribution < -0.4 is 10.1 Å². The van der Waals surface area contributed by atoms with Crippen LogP contribution in [0.3, 0.4) is 0 Å². The summed E-state index contributed by atoms with van der Waals surface area (Å²) in [5, 5.41) is 8.33. The maximum absolute atomic E-state index is 14.7. The van der Waals surface area contributed by atoms with Crippen molar-refractivity contribution in [3.63, 3.8) is 0 Å². The van der Waals surface area contributed by atoms with Crippen molar-refractivity contribution in [3.05, 3.63) is 65.5 Å². The van der Waals surface area contributed by atoms with Gasteiger partial charge in [-0.1, -0.05) is 18.2 Å². The maximum Gasteiger partial charge on any atom is 0.266 e. The van der Waals surface area contributed by atoms with Gasteiger partial charge in [-0.05, 0) is 38.8 Å². The highest BCUT2D eigenvalue weighted by molar-refractivity contribution is 5.94. The fourth-order valence-electron chi connectivity index (χ4n) is 4.15. The number of nitrogens with one attached hydrogen (secondary N) is 1. The number of ether oxygens (including phenoxy) is 1. The minimum absolute atomic E-state index is 0.137. The molecule has 1 aliphatic rings. The standard InChI is InChI=1S/C25H24F3N5O/c1-13(17-5-4-6-18(23(17)26)24(27)28)30-25-20-10-22(34-3)19(9-21(20)31-14(2)32-25)15-11-29-33(12-15)16-7-8-16/h4-6,9-13,16,24H,7-8H2,1-3H3,(H,30,31,32)/t13-/m1/s1. The number of fused-ring (bicyclic) bond motifs is 1. The van der Waals surface area contributed by atoms with Crippen LogP contribution in [0.1, 0.15) is 55.2 Å². The minimum atomic E-state index is -2.89. The molecule has 0 bridgehead atoms. The van der Waals surface area contributed by atoms with E-state index in [0.29, 0.717) is 34.3 Å². The van der Waals surface area contributed by atoms with Gasteiger partial charge in [-0.15, -0.1) is 0 Å². The Morgan fingerprint density at radius 1 is 1.15 bits per heavy atom. The molecule has 1 aliphatic carbocycles. The molecule has 2 aromatic carbocycles. The summed E-state index contributed by atoms with van der Waals surface area (Å²) < 4.78 is 48.7. The molecule has 1 saturated carbocycles. The summed E-state index contributed by atoms with van der Waals surface area (Å²) in [4.78, 5) is 9.08. The Morgan fingerprint density at radius 3 is 2.62 bits per heavy atom. The van der Waals surface area contributed by atoms with Gasteiger partial charge in [-0.25, -0.2) is 23.1 Å². The van der Waals surface area contributed by atoms with Crippen LogP contribution in [0.5, 0.6) is 5.75 Å². The Hall–Kier alpha value is -3.62. The van der Waals surface area contributed by atoms with E-state index in [9.17, 15) is 13.2 Å². The Kier molecular flexibility index (Phi) is 5.63. The minimum Gasteiger partial charge on any atom is -0.496 e. The van der Waals surface area contributed by atoms with Crippen LogP contribution in [0, 0.1) is 12.7 Å². The average Bonchev–Trinajstić information content (AvgIpc) is 3.54. The number of hydrogen-bond donors (Lipinski definition) is 1. The van der Waals surface area contributed by atoms with E-state index < -0.39 is 23.8 Å². The van der Waals surface area contributed by atoms with E-state index in [0.717, 1.165) is 30.0 Å². The zero-order valence-corrected chi connectivity index (χ0v) is 19.0. The lowest BCUT2D eigenvalue weighted by molar-refractivity contribution is 0.146. The van der Waals surface area contributed by atoms with Gasteiger partial charge in [0.05, 0.1) is 36.5 Å². The van der Waals surface area contributed by atoms with E-state index in [-0.39, 0.29) is 5.56 Å². The van der Waals surface area contributed by atoms with Crippen molar-refractivity contribution in [1.29, 1.82) is 0 Å². The Bertz CT molecular complexity index is 1370. The highest BCUT2D eigenvalue weighted by Crippen LogP contribution is 2.39. The number of rotatable bonds is 7. The van der Waals surface area contributed by atoms with Gasteiger partial charge in [0, 0.05) is 28.3 Å². The Labute approximate surface area is 194 Å². The fraction of sp³-hybridized carbons (Fsp3) is 0.320. The molecule has 0 amide bonds. The van der Waals surface area contributed by atoms with Gasteiger partial charge in [0.15, 0.2) is 0 Å². The van der Waals surface area contributed by atoms with Crippen molar-refractivity contribution in [1.82, 2.24) is 19.7 Å². The number of methoxy groups -OCH3 is 1. The molecular weight excluding hydrogens is 443 g/mol. The van der Waals surface area contributed by atoms with Gasteiger partial charge in [0.2, 0.25) is 0 Å². The largest absolute Gasteiger partial charge is 0.496 e. The average molecular weight is 467 g/mol.